The molecule has 0 aromatic heterocycles. The number of rotatable bonds is 8. The maximum absolute atomic E-state index is 11.7. The van der Waals surface area contributed by atoms with Gasteiger partial charge in [0, 0.05) is 39.8 Å². The molecule has 23 heavy (non-hydrogen) atoms. The summed E-state index contributed by atoms with van der Waals surface area (Å²) in [7, 11) is 3.20. The number of hydrogen-bond donors (Lipinski definition) is 0. The van der Waals surface area contributed by atoms with E-state index in [2.05, 4.69) is 4.90 Å². The Labute approximate surface area is 137 Å². The Bertz CT molecular complexity index is 470. The molecule has 6 heteroatoms. The maximum Gasteiger partial charge on any atom is 0.248 e. The monoisotopic (exact) mass is 322 g/mol. The minimum absolute atomic E-state index is 0.0787. The van der Waals surface area contributed by atoms with Crippen molar-refractivity contribution in [2.45, 2.75) is 6.42 Å². The molecular weight excluding hydrogens is 296 g/mol. The molecule has 6 nitrogen and oxygen atoms in total. The number of hydrogen-bond acceptors (Lipinski definition) is 5. The number of amides is 1. The smallest absolute Gasteiger partial charge is 0.248 e. The number of carbonyl (C=O) groups excluding carboxylic acids is 1. The van der Waals surface area contributed by atoms with Gasteiger partial charge in [-0.3, -0.25) is 9.69 Å². The molecule has 2 rings (SSSR count). The predicted octanol–water partition coefficient (Wildman–Crippen LogP) is 1.25. The number of piperazine rings is 1. The Balaban J connectivity index is 1.59. The van der Waals surface area contributed by atoms with Gasteiger partial charge in [-0.15, -0.1) is 0 Å². The lowest BCUT2D eigenvalue weighted by atomic mass is 10.3. The summed E-state index contributed by atoms with van der Waals surface area (Å²) in [5.41, 5.74) is 0. The minimum atomic E-state index is 0.0787. The molecule has 128 valence electrons. The van der Waals surface area contributed by atoms with Crippen LogP contribution in [-0.2, 0) is 9.53 Å². The van der Waals surface area contributed by atoms with Crippen molar-refractivity contribution in [1.82, 2.24) is 9.80 Å². The zero-order chi connectivity index (χ0) is 16.5. The zero-order valence-corrected chi connectivity index (χ0v) is 14.0. The Morgan fingerprint density at radius 1 is 1.04 bits per heavy atom. The highest BCUT2D eigenvalue weighted by atomic mass is 16.5. The van der Waals surface area contributed by atoms with Crippen molar-refractivity contribution in [2.24, 2.45) is 0 Å². The van der Waals surface area contributed by atoms with Crippen LogP contribution in [0, 0.1) is 0 Å². The van der Waals surface area contributed by atoms with Crippen LogP contribution in [0.3, 0.4) is 0 Å². The van der Waals surface area contributed by atoms with Crippen molar-refractivity contribution in [3.8, 4) is 11.5 Å². The molecule has 0 bridgehead atoms. The van der Waals surface area contributed by atoms with Gasteiger partial charge in [-0.05, 0) is 30.7 Å². The van der Waals surface area contributed by atoms with Crippen LogP contribution in [-0.4, -0.2) is 75.9 Å². The molecule has 0 N–H and O–H groups in total. The molecular formula is C17H26N2O4. The van der Waals surface area contributed by atoms with Crippen LogP contribution in [0.1, 0.15) is 6.42 Å². The molecule has 1 aliphatic rings. The largest absolute Gasteiger partial charge is 0.497 e. The first-order chi connectivity index (χ1) is 11.2. The third-order valence-electron chi connectivity index (χ3n) is 3.94. The molecule has 0 atom stereocenters. The van der Waals surface area contributed by atoms with Crippen LogP contribution in [0.2, 0.25) is 0 Å². The van der Waals surface area contributed by atoms with E-state index in [1.807, 2.05) is 29.2 Å². The van der Waals surface area contributed by atoms with Crippen molar-refractivity contribution in [2.75, 3.05) is 60.2 Å². The van der Waals surface area contributed by atoms with Crippen molar-refractivity contribution < 1.29 is 19.0 Å². The van der Waals surface area contributed by atoms with Gasteiger partial charge < -0.3 is 19.1 Å². The van der Waals surface area contributed by atoms with E-state index in [-0.39, 0.29) is 12.5 Å². The van der Waals surface area contributed by atoms with Crippen LogP contribution in [0.5, 0.6) is 11.5 Å². The van der Waals surface area contributed by atoms with Gasteiger partial charge in [-0.2, -0.15) is 0 Å². The fraction of sp³-hybridized carbons (Fsp3) is 0.588. The van der Waals surface area contributed by atoms with E-state index in [1.54, 1.807) is 14.2 Å². The molecule has 0 radical (unpaired) electrons. The average Bonchev–Trinajstić information content (AvgIpc) is 2.60. The molecule has 0 unspecified atom stereocenters. The summed E-state index contributed by atoms with van der Waals surface area (Å²) < 4.78 is 15.7. The average molecular weight is 322 g/mol. The number of carbonyl (C=O) groups is 1. The maximum atomic E-state index is 11.7. The standard InChI is InChI=1S/C17H26N2O4/c1-21-14-17(20)19-11-9-18(10-12-19)8-3-13-23-16-6-4-15(22-2)5-7-16/h4-7H,3,8-14H2,1-2H3. The molecule has 1 aliphatic heterocycles. The normalized spacial score (nSPS) is 15.5. The van der Waals surface area contributed by atoms with E-state index >= 15 is 0 Å². The molecule has 1 aromatic carbocycles. The van der Waals surface area contributed by atoms with Crippen LogP contribution < -0.4 is 9.47 Å². The van der Waals surface area contributed by atoms with Gasteiger partial charge in [0.15, 0.2) is 0 Å². The lowest BCUT2D eigenvalue weighted by Gasteiger charge is -2.34. The second-order valence-corrected chi connectivity index (χ2v) is 5.53. The fourth-order valence-corrected chi connectivity index (χ4v) is 2.59. The lowest BCUT2D eigenvalue weighted by molar-refractivity contribution is -0.136. The highest BCUT2D eigenvalue weighted by Gasteiger charge is 2.20. The quantitative estimate of drug-likeness (QED) is 0.674. The van der Waals surface area contributed by atoms with Crippen molar-refractivity contribution >= 4 is 5.91 Å². The summed E-state index contributed by atoms with van der Waals surface area (Å²) >= 11 is 0. The van der Waals surface area contributed by atoms with Gasteiger partial charge in [-0.1, -0.05) is 0 Å². The third kappa shape index (κ3) is 5.73. The Hall–Kier alpha value is -1.79. The molecule has 0 aliphatic carbocycles. The zero-order valence-electron chi connectivity index (χ0n) is 14.0. The van der Waals surface area contributed by atoms with Crippen molar-refractivity contribution in [3.63, 3.8) is 0 Å². The van der Waals surface area contributed by atoms with E-state index in [0.29, 0.717) is 6.61 Å². The first kappa shape index (κ1) is 17.6. The summed E-state index contributed by atoms with van der Waals surface area (Å²) in [6.45, 7) is 5.24. The van der Waals surface area contributed by atoms with Gasteiger partial charge in [0.25, 0.3) is 0 Å². The van der Waals surface area contributed by atoms with Gasteiger partial charge in [0.05, 0.1) is 13.7 Å². The van der Waals surface area contributed by atoms with Crippen LogP contribution in [0.4, 0.5) is 0 Å². The molecule has 1 fully saturated rings. The highest BCUT2D eigenvalue weighted by molar-refractivity contribution is 5.77. The highest BCUT2D eigenvalue weighted by Crippen LogP contribution is 2.17. The van der Waals surface area contributed by atoms with Gasteiger partial charge in [0.1, 0.15) is 18.1 Å². The third-order valence-corrected chi connectivity index (χ3v) is 3.94. The van der Waals surface area contributed by atoms with Gasteiger partial charge >= 0.3 is 0 Å². The SMILES string of the molecule is COCC(=O)N1CCN(CCCOc2ccc(OC)cc2)CC1. The molecule has 0 spiro atoms. The van der Waals surface area contributed by atoms with E-state index < -0.39 is 0 Å². The molecule has 1 heterocycles. The summed E-state index contributed by atoms with van der Waals surface area (Å²) in [6.07, 6.45) is 0.970. The predicted molar refractivity (Wildman–Crippen MR) is 88.0 cm³/mol. The molecule has 1 aromatic rings. The Morgan fingerprint density at radius 3 is 2.30 bits per heavy atom. The number of methoxy groups -OCH3 is 2. The van der Waals surface area contributed by atoms with Crippen molar-refractivity contribution in [3.05, 3.63) is 24.3 Å². The lowest BCUT2D eigenvalue weighted by Crippen LogP contribution is -2.49. The Kier molecular flexibility index (Phi) is 7.16. The summed E-state index contributed by atoms with van der Waals surface area (Å²) in [5, 5.41) is 0. The van der Waals surface area contributed by atoms with Crippen LogP contribution in [0.25, 0.3) is 0 Å². The summed E-state index contributed by atoms with van der Waals surface area (Å²) in [5.74, 6) is 1.77. The van der Waals surface area contributed by atoms with Crippen molar-refractivity contribution in [1.29, 1.82) is 0 Å². The second kappa shape index (κ2) is 9.37. The van der Waals surface area contributed by atoms with Gasteiger partial charge in [-0.25, -0.2) is 0 Å². The number of benzene rings is 1. The second-order valence-electron chi connectivity index (χ2n) is 5.53. The first-order valence-corrected chi connectivity index (χ1v) is 7.99. The summed E-state index contributed by atoms with van der Waals surface area (Å²) in [6, 6.07) is 7.62. The summed E-state index contributed by atoms with van der Waals surface area (Å²) in [4.78, 5) is 16.0. The van der Waals surface area contributed by atoms with Gasteiger partial charge in [0.2, 0.25) is 5.91 Å². The number of ether oxygens (including phenoxy) is 3. The van der Waals surface area contributed by atoms with Crippen LogP contribution in [0.15, 0.2) is 24.3 Å². The number of nitrogens with zero attached hydrogens (tertiary/aromatic N) is 2. The Morgan fingerprint density at radius 2 is 1.70 bits per heavy atom. The van der Waals surface area contributed by atoms with E-state index in [1.165, 1.54) is 0 Å². The first-order valence-electron chi connectivity index (χ1n) is 7.99. The molecule has 0 saturated carbocycles. The topological polar surface area (TPSA) is 51.2 Å². The molecule has 1 amide bonds. The fourth-order valence-electron chi connectivity index (χ4n) is 2.59. The minimum Gasteiger partial charge on any atom is -0.497 e. The van der Waals surface area contributed by atoms with E-state index in [4.69, 9.17) is 14.2 Å². The van der Waals surface area contributed by atoms with E-state index in [9.17, 15) is 4.79 Å². The molecule has 1 saturated heterocycles. The van der Waals surface area contributed by atoms with Crippen LogP contribution >= 0.6 is 0 Å². The van der Waals surface area contributed by atoms with E-state index in [0.717, 1.165) is 50.6 Å².